The first-order valence-electron chi connectivity index (χ1n) is 10.3. The van der Waals surface area contributed by atoms with Crippen LogP contribution >= 0.6 is 11.6 Å². The highest BCUT2D eigenvalue weighted by Crippen LogP contribution is 2.28. The van der Waals surface area contributed by atoms with Crippen LogP contribution in [0.4, 0.5) is 10.6 Å². The van der Waals surface area contributed by atoms with E-state index in [2.05, 4.69) is 9.97 Å². The van der Waals surface area contributed by atoms with Gasteiger partial charge in [0.1, 0.15) is 0 Å². The fourth-order valence-electron chi connectivity index (χ4n) is 3.57. The molecular weight excluding hydrogens is 452 g/mol. The minimum absolute atomic E-state index is 0.0595. The molecule has 1 aliphatic rings. The van der Waals surface area contributed by atoms with Gasteiger partial charge in [0.05, 0.1) is 23.4 Å². The molecule has 0 atom stereocenters. The first kappa shape index (κ1) is 22.3. The van der Waals surface area contributed by atoms with Crippen LogP contribution in [-0.4, -0.2) is 62.2 Å². The van der Waals surface area contributed by atoms with Crippen molar-refractivity contribution >= 4 is 44.4 Å². The number of ether oxygens (including phenoxy) is 1. The Balaban J connectivity index is 1.68. The average molecular weight is 475 g/mol. The number of anilines is 1. The molecule has 1 aromatic heterocycles. The van der Waals surface area contributed by atoms with Crippen LogP contribution in [0.2, 0.25) is 5.02 Å². The van der Waals surface area contributed by atoms with Gasteiger partial charge < -0.3 is 14.5 Å². The molecule has 2 heterocycles. The number of amides is 1. The van der Waals surface area contributed by atoms with Gasteiger partial charge in [-0.25, -0.2) is 23.2 Å². The summed E-state index contributed by atoms with van der Waals surface area (Å²) in [4.78, 5) is 24.6. The maximum Gasteiger partial charge on any atom is 0.409 e. The Labute approximate surface area is 191 Å². The van der Waals surface area contributed by atoms with E-state index in [1.165, 1.54) is 0 Å². The van der Waals surface area contributed by atoms with Gasteiger partial charge in [-0.3, -0.25) is 0 Å². The SMILES string of the molecule is CCOC(=O)N1CCN(c2nc3ccccc3nc2S(=O)(=O)Cc2ccc(Cl)cc2)CC1. The van der Waals surface area contributed by atoms with Crippen LogP contribution in [0.25, 0.3) is 11.0 Å². The molecule has 4 rings (SSSR count). The molecule has 0 unspecified atom stereocenters. The van der Waals surface area contributed by atoms with Crippen molar-refractivity contribution in [1.29, 1.82) is 0 Å². The van der Waals surface area contributed by atoms with Crippen molar-refractivity contribution in [3.8, 4) is 0 Å². The Morgan fingerprint density at radius 1 is 1.00 bits per heavy atom. The third-order valence-corrected chi connectivity index (χ3v) is 7.02. The fraction of sp³-hybridized carbons (Fsp3) is 0.318. The van der Waals surface area contributed by atoms with Crippen LogP contribution < -0.4 is 4.90 Å². The molecule has 1 saturated heterocycles. The van der Waals surface area contributed by atoms with Gasteiger partial charge >= 0.3 is 6.09 Å². The van der Waals surface area contributed by atoms with Crippen molar-refractivity contribution < 1.29 is 17.9 Å². The Kier molecular flexibility index (Phi) is 6.48. The Morgan fingerprint density at radius 3 is 2.25 bits per heavy atom. The van der Waals surface area contributed by atoms with E-state index in [-0.39, 0.29) is 16.9 Å². The molecule has 8 nitrogen and oxygen atoms in total. The van der Waals surface area contributed by atoms with E-state index in [4.69, 9.17) is 16.3 Å². The summed E-state index contributed by atoms with van der Waals surface area (Å²) >= 11 is 5.93. The summed E-state index contributed by atoms with van der Waals surface area (Å²) in [6.45, 7) is 3.73. The summed E-state index contributed by atoms with van der Waals surface area (Å²) < 4.78 is 31.9. The van der Waals surface area contributed by atoms with Gasteiger partial charge in [-0.2, -0.15) is 0 Å². The predicted molar refractivity (Wildman–Crippen MR) is 123 cm³/mol. The number of sulfone groups is 1. The summed E-state index contributed by atoms with van der Waals surface area (Å²) in [6, 6.07) is 13.9. The summed E-state index contributed by atoms with van der Waals surface area (Å²) in [6.07, 6.45) is -0.368. The minimum Gasteiger partial charge on any atom is -0.450 e. The first-order chi connectivity index (χ1) is 15.4. The minimum atomic E-state index is -3.80. The van der Waals surface area contributed by atoms with Crippen molar-refractivity contribution in [2.45, 2.75) is 17.7 Å². The lowest BCUT2D eigenvalue weighted by Crippen LogP contribution is -2.49. The van der Waals surface area contributed by atoms with E-state index in [1.54, 1.807) is 54.3 Å². The molecule has 0 bridgehead atoms. The van der Waals surface area contributed by atoms with E-state index in [1.807, 2.05) is 11.0 Å². The van der Waals surface area contributed by atoms with E-state index < -0.39 is 9.84 Å². The molecule has 10 heteroatoms. The Bertz CT molecular complexity index is 1230. The van der Waals surface area contributed by atoms with Crippen molar-refractivity contribution in [1.82, 2.24) is 14.9 Å². The number of hydrogen-bond acceptors (Lipinski definition) is 7. The number of hydrogen-bond donors (Lipinski definition) is 0. The van der Waals surface area contributed by atoms with Gasteiger partial charge in [0.25, 0.3) is 0 Å². The van der Waals surface area contributed by atoms with Crippen molar-refractivity contribution in [3.63, 3.8) is 0 Å². The molecular formula is C22H23ClN4O4S. The number of carbonyl (C=O) groups is 1. The second-order valence-electron chi connectivity index (χ2n) is 7.40. The van der Waals surface area contributed by atoms with Crippen LogP contribution in [0.3, 0.4) is 0 Å². The number of rotatable bonds is 5. The highest BCUT2D eigenvalue weighted by atomic mass is 35.5. The van der Waals surface area contributed by atoms with Gasteiger partial charge in [0.2, 0.25) is 9.84 Å². The number of fused-ring (bicyclic) bond motifs is 1. The summed E-state index contributed by atoms with van der Waals surface area (Å²) in [5.41, 5.74) is 1.74. The Morgan fingerprint density at radius 2 is 1.62 bits per heavy atom. The molecule has 32 heavy (non-hydrogen) atoms. The number of nitrogens with zero attached hydrogens (tertiary/aromatic N) is 4. The lowest BCUT2D eigenvalue weighted by molar-refractivity contribution is 0.105. The number of para-hydroxylation sites is 2. The van der Waals surface area contributed by atoms with Crippen LogP contribution in [0.5, 0.6) is 0 Å². The average Bonchev–Trinajstić information content (AvgIpc) is 2.80. The lowest BCUT2D eigenvalue weighted by Gasteiger charge is -2.35. The predicted octanol–water partition coefficient (Wildman–Crippen LogP) is 3.54. The summed E-state index contributed by atoms with van der Waals surface area (Å²) in [5.74, 6) is 0.0913. The molecule has 0 N–H and O–H groups in total. The zero-order valence-electron chi connectivity index (χ0n) is 17.6. The monoisotopic (exact) mass is 474 g/mol. The van der Waals surface area contributed by atoms with Crippen molar-refractivity contribution in [3.05, 3.63) is 59.1 Å². The second-order valence-corrected chi connectivity index (χ2v) is 9.74. The largest absolute Gasteiger partial charge is 0.450 e. The van der Waals surface area contributed by atoms with E-state index >= 15 is 0 Å². The normalized spacial score (nSPS) is 14.6. The third-order valence-electron chi connectivity index (χ3n) is 5.19. The quantitative estimate of drug-likeness (QED) is 0.558. The number of aromatic nitrogens is 2. The van der Waals surface area contributed by atoms with Crippen molar-refractivity contribution in [2.75, 3.05) is 37.7 Å². The lowest BCUT2D eigenvalue weighted by atomic mass is 10.2. The van der Waals surface area contributed by atoms with E-state index in [9.17, 15) is 13.2 Å². The number of benzene rings is 2. The van der Waals surface area contributed by atoms with Crippen LogP contribution in [0.15, 0.2) is 53.6 Å². The molecule has 1 fully saturated rings. The highest BCUT2D eigenvalue weighted by Gasteiger charge is 2.30. The van der Waals surface area contributed by atoms with Crippen LogP contribution in [0, 0.1) is 0 Å². The molecule has 0 aliphatic carbocycles. The van der Waals surface area contributed by atoms with Gasteiger partial charge in [0.15, 0.2) is 10.8 Å². The zero-order valence-corrected chi connectivity index (χ0v) is 19.1. The molecule has 168 valence electrons. The number of piperazine rings is 1. The molecule has 0 spiro atoms. The van der Waals surface area contributed by atoms with E-state index in [0.29, 0.717) is 60.2 Å². The molecule has 1 aliphatic heterocycles. The number of halogens is 1. The topological polar surface area (TPSA) is 92.7 Å². The first-order valence-corrected chi connectivity index (χ1v) is 12.3. The Hall–Kier alpha value is -2.91. The van der Waals surface area contributed by atoms with Crippen molar-refractivity contribution in [2.24, 2.45) is 0 Å². The van der Waals surface area contributed by atoms with E-state index in [0.717, 1.165) is 0 Å². The zero-order chi connectivity index (χ0) is 22.7. The molecule has 0 radical (unpaired) electrons. The van der Waals surface area contributed by atoms with Crippen LogP contribution in [0.1, 0.15) is 12.5 Å². The van der Waals surface area contributed by atoms with Gasteiger partial charge in [-0.15, -0.1) is 0 Å². The molecule has 0 saturated carbocycles. The molecule has 1 amide bonds. The second kappa shape index (κ2) is 9.30. The smallest absolute Gasteiger partial charge is 0.409 e. The summed E-state index contributed by atoms with van der Waals surface area (Å²) in [7, 11) is -3.80. The highest BCUT2D eigenvalue weighted by molar-refractivity contribution is 7.90. The molecule has 3 aromatic rings. The third kappa shape index (κ3) is 4.78. The maximum atomic E-state index is 13.4. The van der Waals surface area contributed by atoms with Gasteiger partial charge in [0, 0.05) is 31.2 Å². The summed E-state index contributed by atoms with van der Waals surface area (Å²) in [5, 5.41) is 0.479. The molecule has 2 aromatic carbocycles. The van der Waals surface area contributed by atoms with Gasteiger partial charge in [-0.1, -0.05) is 35.9 Å². The maximum absolute atomic E-state index is 13.4. The van der Waals surface area contributed by atoms with Crippen LogP contribution in [-0.2, 0) is 20.3 Å². The van der Waals surface area contributed by atoms with Gasteiger partial charge in [-0.05, 0) is 36.8 Å². The fourth-order valence-corrected chi connectivity index (χ4v) is 5.16. The standard InChI is InChI=1S/C22H23ClN4O4S/c1-2-31-22(28)27-13-11-26(12-14-27)20-21(25-19-6-4-3-5-18(19)24-20)32(29,30)15-16-7-9-17(23)10-8-16/h3-10H,2,11-15H2,1H3. The number of carbonyl (C=O) groups excluding carboxylic acids is 1.